The van der Waals surface area contributed by atoms with Crippen LogP contribution in [0.3, 0.4) is 0 Å². The highest BCUT2D eigenvalue weighted by atomic mass is 80.0. The third kappa shape index (κ3) is 6.37. The van der Waals surface area contributed by atoms with Gasteiger partial charge >= 0.3 is 5.97 Å². The number of nitriles is 1. The van der Waals surface area contributed by atoms with Gasteiger partial charge in [0, 0.05) is 5.56 Å². The van der Waals surface area contributed by atoms with E-state index in [0.717, 1.165) is 0 Å². The number of nitrogens with zero attached hydrogens (tertiary/aromatic N) is 1. The van der Waals surface area contributed by atoms with Crippen LogP contribution < -0.4 is 4.74 Å². The number of benzene rings is 1. The maximum atomic E-state index is 12.7. The van der Waals surface area contributed by atoms with E-state index in [4.69, 9.17) is 32.7 Å². The second-order valence-corrected chi connectivity index (χ2v) is 15.0. The molecule has 146 valence electrons. The Bertz CT molecular complexity index is 783. The minimum atomic E-state index is -1.03. The first-order valence-electron chi connectivity index (χ1n) is 7.90. The molecule has 0 amide bonds. The number of esters is 1. The topological polar surface area (TPSA) is 59.3 Å². The van der Waals surface area contributed by atoms with Gasteiger partial charge in [-0.25, -0.2) is 0 Å². The summed E-state index contributed by atoms with van der Waals surface area (Å²) in [6, 6.07) is 8.68. The summed E-state index contributed by atoms with van der Waals surface area (Å²) in [7, 11) is 0. The van der Waals surface area contributed by atoms with Crippen LogP contribution in [-0.2, 0) is 9.53 Å². The normalized spacial score (nSPS) is 21.6. The second-order valence-electron chi connectivity index (χ2n) is 6.77. The summed E-state index contributed by atoms with van der Waals surface area (Å²) in [5.41, 5.74) is 0.304. The molecule has 3 atom stereocenters. The predicted molar refractivity (Wildman–Crippen MR) is 116 cm³/mol. The van der Waals surface area contributed by atoms with Crippen molar-refractivity contribution in [3.8, 4) is 11.8 Å². The van der Waals surface area contributed by atoms with E-state index in [2.05, 4.69) is 47.8 Å². The van der Waals surface area contributed by atoms with Crippen molar-refractivity contribution in [3.63, 3.8) is 0 Å². The number of hydrogen-bond acceptors (Lipinski definition) is 4. The number of halogens is 5. The number of rotatable bonds is 6. The Labute approximate surface area is 193 Å². The average molecular weight is 605 g/mol. The van der Waals surface area contributed by atoms with Crippen molar-refractivity contribution in [3.05, 3.63) is 40.6 Å². The quantitative estimate of drug-likeness (QED) is 0.200. The van der Waals surface area contributed by atoms with Gasteiger partial charge < -0.3 is 9.47 Å². The van der Waals surface area contributed by atoms with Crippen molar-refractivity contribution in [1.29, 1.82) is 5.26 Å². The summed E-state index contributed by atoms with van der Waals surface area (Å²) in [6.07, 6.45) is 0.821. The molecule has 27 heavy (non-hydrogen) atoms. The summed E-state index contributed by atoms with van der Waals surface area (Å²) in [5, 5.41) is 9.48. The van der Waals surface area contributed by atoms with E-state index in [0.29, 0.717) is 17.7 Å². The minimum absolute atomic E-state index is 0.0351. The van der Waals surface area contributed by atoms with Crippen LogP contribution in [0.5, 0.6) is 5.75 Å². The molecule has 0 radical (unpaired) electrons. The summed E-state index contributed by atoms with van der Waals surface area (Å²) in [5.74, 6) is -0.121. The Morgan fingerprint density at radius 2 is 2.07 bits per heavy atom. The van der Waals surface area contributed by atoms with Gasteiger partial charge in [-0.2, -0.15) is 5.26 Å². The Morgan fingerprint density at radius 1 is 1.41 bits per heavy atom. The average Bonchev–Trinajstić information content (AvgIpc) is 3.09. The zero-order valence-electron chi connectivity index (χ0n) is 14.4. The smallest absolute Gasteiger partial charge is 0.311 e. The van der Waals surface area contributed by atoms with Gasteiger partial charge in [-0.05, 0) is 29.9 Å². The highest BCUT2D eigenvalue weighted by Crippen LogP contribution is 2.64. The fourth-order valence-corrected chi connectivity index (χ4v) is 4.20. The van der Waals surface area contributed by atoms with Crippen molar-refractivity contribution in [2.75, 3.05) is 0 Å². The Morgan fingerprint density at radius 3 is 2.63 bits per heavy atom. The van der Waals surface area contributed by atoms with E-state index in [9.17, 15) is 10.1 Å². The van der Waals surface area contributed by atoms with Crippen molar-refractivity contribution in [2.24, 2.45) is 17.3 Å². The lowest BCUT2D eigenvalue weighted by atomic mass is 10.1. The molecule has 1 aliphatic rings. The van der Waals surface area contributed by atoms with E-state index >= 15 is 0 Å². The molecule has 0 spiro atoms. The molecule has 1 fully saturated rings. The van der Waals surface area contributed by atoms with Crippen molar-refractivity contribution in [2.45, 2.75) is 28.5 Å². The molecule has 0 N–H and O–H groups in total. The van der Waals surface area contributed by atoms with Gasteiger partial charge in [0.15, 0.2) is 0 Å². The van der Waals surface area contributed by atoms with Crippen LogP contribution in [0.2, 0.25) is 0 Å². The molecule has 3 unspecified atom stereocenters. The van der Waals surface area contributed by atoms with E-state index in [1.165, 1.54) is 6.26 Å². The fraction of sp³-hybridized carbons (Fsp3) is 0.444. The standard InChI is InChI=1S/C18H16Br3Cl2NO3/c1-17(2)12(7-18(19,20)21)15(17)16(25)27-13(8-24)10-4-3-5-11(6-10)26-9-14(22)23/h3-6,9,12-13,15H,7H2,1-2H3. The minimum Gasteiger partial charge on any atom is -0.462 e. The van der Waals surface area contributed by atoms with Gasteiger partial charge in [0.25, 0.3) is 0 Å². The van der Waals surface area contributed by atoms with Crippen LogP contribution in [0.4, 0.5) is 0 Å². The number of hydrogen-bond donors (Lipinski definition) is 0. The summed E-state index contributed by atoms with van der Waals surface area (Å²) in [6.45, 7) is 4.03. The van der Waals surface area contributed by atoms with Gasteiger partial charge in [0.05, 0.1) is 5.92 Å². The second kappa shape index (κ2) is 9.04. The molecular formula is C18H16Br3Cl2NO3. The van der Waals surface area contributed by atoms with Gasteiger partial charge in [-0.15, -0.1) is 0 Å². The first-order chi connectivity index (χ1) is 12.5. The van der Waals surface area contributed by atoms with Crippen molar-refractivity contribution in [1.82, 2.24) is 0 Å². The molecule has 9 heteroatoms. The van der Waals surface area contributed by atoms with Crippen LogP contribution in [0, 0.1) is 28.6 Å². The van der Waals surface area contributed by atoms with Gasteiger partial charge in [-0.3, -0.25) is 4.79 Å². The molecule has 1 saturated carbocycles. The number of carbonyl (C=O) groups is 1. The summed E-state index contributed by atoms with van der Waals surface area (Å²) < 4.78 is 10.3. The molecule has 0 heterocycles. The third-order valence-electron chi connectivity index (χ3n) is 4.55. The molecule has 0 aliphatic heterocycles. The molecule has 0 bridgehead atoms. The van der Waals surface area contributed by atoms with Crippen LogP contribution in [0.1, 0.15) is 31.9 Å². The monoisotopic (exact) mass is 601 g/mol. The fourth-order valence-electron chi connectivity index (χ4n) is 3.06. The van der Waals surface area contributed by atoms with Gasteiger partial charge in [0.1, 0.15) is 24.7 Å². The van der Waals surface area contributed by atoms with Crippen LogP contribution in [0.15, 0.2) is 35.0 Å². The molecule has 2 rings (SSSR count). The zero-order chi connectivity index (χ0) is 20.4. The maximum Gasteiger partial charge on any atom is 0.311 e. The molecular weight excluding hydrogens is 589 g/mol. The van der Waals surface area contributed by atoms with Gasteiger partial charge in [-0.1, -0.05) is 97.0 Å². The number of ether oxygens (including phenoxy) is 2. The van der Waals surface area contributed by atoms with E-state index in [1.807, 2.05) is 19.9 Å². The molecule has 0 saturated heterocycles. The third-order valence-corrected chi connectivity index (χ3v) is 5.70. The zero-order valence-corrected chi connectivity index (χ0v) is 20.7. The first kappa shape index (κ1) is 23.0. The lowest BCUT2D eigenvalue weighted by Gasteiger charge is -2.13. The summed E-state index contributed by atoms with van der Waals surface area (Å²) in [4.78, 5) is 12.7. The van der Waals surface area contributed by atoms with Crippen LogP contribution in [0.25, 0.3) is 0 Å². The van der Waals surface area contributed by atoms with E-state index < -0.39 is 8.25 Å². The molecule has 0 aromatic heterocycles. The van der Waals surface area contributed by atoms with Crippen LogP contribution >= 0.6 is 71.0 Å². The SMILES string of the molecule is CC1(C)C(CC(Br)(Br)Br)C1C(=O)OC(C#N)c1cccc(OC=C(Cl)Cl)c1. The molecule has 1 aliphatic carbocycles. The molecule has 1 aromatic carbocycles. The van der Waals surface area contributed by atoms with E-state index in [-0.39, 0.29) is 27.7 Å². The maximum absolute atomic E-state index is 12.7. The number of carbonyl (C=O) groups excluding carboxylic acids is 1. The van der Waals surface area contributed by atoms with Gasteiger partial charge in [0.2, 0.25) is 6.10 Å². The highest BCUT2D eigenvalue weighted by Gasteiger charge is 2.63. The Kier molecular flexibility index (Phi) is 7.71. The number of alkyl halides is 3. The Balaban J connectivity index is 2.09. The Hall–Kier alpha value is -0.260. The highest BCUT2D eigenvalue weighted by molar-refractivity contribution is 9.39. The molecule has 1 aromatic rings. The van der Waals surface area contributed by atoms with Crippen molar-refractivity contribution >= 4 is 77.0 Å². The lowest BCUT2D eigenvalue weighted by molar-refractivity contribution is -0.149. The largest absolute Gasteiger partial charge is 0.462 e. The first-order valence-corrected chi connectivity index (χ1v) is 11.0. The lowest BCUT2D eigenvalue weighted by Crippen LogP contribution is -2.15. The van der Waals surface area contributed by atoms with E-state index in [1.54, 1.807) is 24.3 Å². The van der Waals surface area contributed by atoms with Crippen molar-refractivity contribution < 1.29 is 14.3 Å². The molecule has 4 nitrogen and oxygen atoms in total. The predicted octanol–water partition coefficient (Wildman–Crippen LogP) is 6.95. The van der Waals surface area contributed by atoms with Crippen LogP contribution in [-0.4, -0.2) is 8.11 Å². The summed E-state index contributed by atoms with van der Waals surface area (Å²) >= 11 is 21.5.